The number of rotatable bonds is 3. The van der Waals surface area contributed by atoms with Crippen LogP contribution in [0.1, 0.15) is 19.4 Å². The Bertz CT molecular complexity index is 887. The van der Waals surface area contributed by atoms with Crippen LogP contribution in [0.15, 0.2) is 46.9 Å². The standard InChI is InChI=1S/C20H22F4N4O/c1-13-11-17(25-19-5-6-27(28(13)19)14(2)20(22,23)24)15-3-4-18(16(21)12-15)26-7-9-29-10-8-26/h3-5,11-12,14H,6-10H2,1-2H3. The minimum absolute atomic E-state index is 0.113. The Labute approximate surface area is 166 Å². The van der Waals surface area contributed by atoms with Gasteiger partial charge in [-0.15, -0.1) is 0 Å². The SMILES string of the molecule is CC1=CC(c2ccc(N3CCOCC3)c(F)c2)=NC2=CCN(C(C)C(F)(F)F)N12. The van der Waals surface area contributed by atoms with Crippen LogP contribution in [-0.4, -0.2) is 60.8 Å². The Morgan fingerprint density at radius 3 is 2.55 bits per heavy atom. The molecule has 1 aromatic rings. The summed E-state index contributed by atoms with van der Waals surface area (Å²) in [6, 6.07) is 3.29. The second kappa shape index (κ2) is 7.46. The highest BCUT2D eigenvalue weighted by Crippen LogP contribution is 2.35. The van der Waals surface area contributed by atoms with Gasteiger partial charge < -0.3 is 9.64 Å². The van der Waals surface area contributed by atoms with E-state index in [9.17, 15) is 17.6 Å². The van der Waals surface area contributed by atoms with Crippen LogP contribution < -0.4 is 4.90 Å². The van der Waals surface area contributed by atoms with Crippen LogP contribution in [0.25, 0.3) is 0 Å². The number of morpholine rings is 1. The maximum Gasteiger partial charge on any atom is 0.405 e. The highest BCUT2D eigenvalue weighted by atomic mass is 19.4. The van der Waals surface area contributed by atoms with Crippen LogP contribution in [0.3, 0.4) is 0 Å². The van der Waals surface area contributed by atoms with Crippen LogP contribution in [0.5, 0.6) is 0 Å². The van der Waals surface area contributed by atoms with Crippen molar-refractivity contribution in [2.24, 2.45) is 4.99 Å². The number of halogens is 4. The molecule has 1 saturated heterocycles. The van der Waals surface area contributed by atoms with Gasteiger partial charge in [0.2, 0.25) is 0 Å². The molecule has 4 rings (SSSR count). The summed E-state index contributed by atoms with van der Waals surface area (Å²) < 4.78 is 59.5. The average Bonchev–Trinajstić information content (AvgIpc) is 3.11. The van der Waals surface area contributed by atoms with Gasteiger partial charge in [-0.25, -0.2) is 9.38 Å². The van der Waals surface area contributed by atoms with Crippen LogP contribution in [0, 0.1) is 5.82 Å². The van der Waals surface area contributed by atoms with E-state index in [2.05, 4.69) is 4.99 Å². The highest BCUT2D eigenvalue weighted by molar-refractivity contribution is 6.10. The molecular formula is C20H22F4N4O. The summed E-state index contributed by atoms with van der Waals surface area (Å²) in [5.41, 5.74) is 2.23. The van der Waals surface area contributed by atoms with Crippen LogP contribution in [-0.2, 0) is 4.74 Å². The third kappa shape index (κ3) is 3.76. The summed E-state index contributed by atoms with van der Waals surface area (Å²) in [6.07, 6.45) is -1.01. The fourth-order valence-corrected chi connectivity index (χ4v) is 3.74. The molecule has 29 heavy (non-hydrogen) atoms. The number of hydrogen-bond donors (Lipinski definition) is 0. The Hall–Kier alpha value is -2.39. The molecule has 156 valence electrons. The molecule has 0 aliphatic carbocycles. The number of nitrogens with zero attached hydrogens (tertiary/aromatic N) is 4. The van der Waals surface area contributed by atoms with Gasteiger partial charge in [0.25, 0.3) is 0 Å². The lowest BCUT2D eigenvalue weighted by Crippen LogP contribution is -2.49. The van der Waals surface area contributed by atoms with Crippen molar-refractivity contribution < 1.29 is 22.3 Å². The van der Waals surface area contributed by atoms with E-state index < -0.39 is 12.2 Å². The lowest BCUT2D eigenvalue weighted by Gasteiger charge is -2.38. The minimum Gasteiger partial charge on any atom is -0.378 e. The quantitative estimate of drug-likeness (QED) is 0.712. The van der Waals surface area contributed by atoms with Gasteiger partial charge in [-0.2, -0.15) is 18.2 Å². The first-order chi connectivity index (χ1) is 13.8. The normalized spacial score (nSPS) is 21.5. The third-order valence-corrected chi connectivity index (χ3v) is 5.37. The zero-order chi connectivity index (χ0) is 20.8. The zero-order valence-corrected chi connectivity index (χ0v) is 16.2. The third-order valence-electron chi connectivity index (χ3n) is 5.37. The van der Waals surface area contributed by atoms with Gasteiger partial charge in [-0.05, 0) is 38.1 Å². The van der Waals surface area contributed by atoms with Crippen molar-refractivity contribution in [1.29, 1.82) is 0 Å². The van der Waals surface area contributed by atoms with Gasteiger partial charge >= 0.3 is 6.18 Å². The van der Waals surface area contributed by atoms with Gasteiger partial charge in [0.15, 0.2) is 0 Å². The molecule has 3 heterocycles. The molecule has 0 aromatic heterocycles. The second-order valence-corrected chi connectivity index (χ2v) is 7.26. The fraction of sp³-hybridized carbons (Fsp3) is 0.450. The summed E-state index contributed by atoms with van der Waals surface area (Å²) in [4.78, 5) is 6.42. The molecule has 3 aliphatic heterocycles. The van der Waals surface area contributed by atoms with Gasteiger partial charge in [0.1, 0.15) is 17.7 Å². The van der Waals surface area contributed by atoms with Crippen molar-refractivity contribution >= 4 is 11.4 Å². The zero-order valence-electron chi connectivity index (χ0n) is 16.2. The van der Waals surface area contributed by atoms with Crippen molar-refractivity contribution in [1.82, 2.24) is 10.0 Å². The first kappa shape index (κ1) is 19.9. The number of alkyl halides is 3. The Kier molecular flexibility index (Phi) is 5.12. The predicted molar refractivity (Wildman–Crippen MR) is 102 cm³/mol. The first-order valence-corrected chi connectivity index (χ1v) is 9.49. The number of aliphatic imine (C=N–C) groups is 1. The first-order valence-electron chi connectivity index (χ1n) is 9.49. The Morgan fingerprint density at radius 1 is 1.17 bits per heavy atom. The second-order valence-electron chi connectivity index (χ2n) is 7.26. The van der Waals surface area contributed by atoms with Gasteiger partial charge in [-0.1, -0.05) is 6.07 Å². The fourth-order valence-electron chi connectivity index (χ4n) is 3.74. The van der Waals surface area contributed by atoms with Gasteiger partial charge in [0.05, 0.1) is 24.6 Å². The average molecular weight is 410 g/mol. The summed E-state index contributed by atoms with van der Waals surface area (Å²) in [6.45, 7) is 5.35. The predicted octanol–water partition coefficient (Wildman–Crippen LogP) is 3.69. The van der Waals surface area contributed by atoms with E-state index in [0.29, 0.717) is 54.8 Å². The molecule has 3 aliphatic rings. The van der Waals surface area contributed by atoms with E-state index in [0.717, 1.165) is 6.92 Å². The van der Waals surface area contributed by atoms with Crippen LogP contribution in [0.4, 0.5) is 23.2 Å². The number of fused-ring (bicyclic) bond motifs is 1. The molecular weight excluding hydrogens is 388 g/mol. The molecule has 0 radical (unpaired) electrons. The molecule has 1 atom stereocenters. The summed E-state index contributed by atoms with van der Waals surface area (Å²) in [7, 11) is 0. The number of anilines is 1. The van der Waals surface area contributed by atoms with E-state index >= 15 is 0 Å². The number of hydrazine groups is 1. The van der Waals surface area contributed by atoms with Crippen molar-refractivity contribution in [3.63, 3.8) is 0 Å². The topological polar surface area (TPSA) is 31.3 Å². The maximum absolute atomic E-state index is 14.7. The van der Waals surface area contributed by atoms with E-state index in [1.54, 1.807) is 31.2 Å². The van der Waals surface area contributed by atoms with Gasteiger partial charge in [-0.3, -0.25) is 5.01 Å². The molecule has 0 amide bonds. The Balaban J connectivity index is 1.58. The smallest absolute Gasteiger partial charge is 0.378 e. The van der Waals surface area contributed by atoms with E-state index in [1.165, 1.54) is 16.1 Å². The summed E-state index contributed by atoms with van der Waals surface area (Å²) >= 11 is 0. The summed E-state index contributed by atoms with van der Waals surface area (Å²) in [5.74, 6) is 0.0714. The monoisotopic (exact) mass is 410 g/mol. The van der Waals surface area contributed by atoms with E-state index in [4.69, 9.17) is 4.74 Å². The largest absolute Gasteiger partial charge is 0.405 e. The van der Waals surface area contributed by atoms with E-state index in [1.807, 2.05) is 4.90 Å². The number of allylic oxidation sites excluding steroid dienone is 2. The summed E-state index contributed by atoms with van der Waals surface area (Å²) in [5, 5.41) is 2.70. The molecule has 0 spiro atoms. The van der Waals surface area contributed by atoms with Crippen molar-refractivity contribution in [3.05, 3.63) is 53.2 Å². The van der Waals surface area contributed by atoms with Crippen molar-refractivity contribution in [2.75, 3.05) is 37.7 Å². The molecule has 1 aromatic carbocycles. The van der Waals surface area contributed by atoms with Gasteiger partial charge in [0, 0.05) is 30.9 Å². The lowest BCUT2D eigenvalue weighted by atomic mass is 10.1. The molecule has 1 fully saturated rings. The molecule has 0 bridgehead atoms. The van der Waals surface area contributed by atoms with Crippen molar-refractivity contribution in [2.45, 2.75) is 26.1 Å². The number of ether oxygens (including phenoxy) is 1. The van der Waals surface area contributed by atoms with Crippen LogP contribution in [0.2, 0.25) is 0 Å². The van der Waals surface area contributed by atoms with E-state index in [-0.39, 0.29) is 12.4 Å². The molecule has 0 N–H and O–H groups in total. The maximum atomic E-state index is 14.7. The minimum atomic E-state index is -4.34. The number of hydrogen-bond acceptors (Lipinski definition) is 5. The number of benzene rings is 1. The van der Waals surface area contributed by atoms with Crippen LogP contribution >= 0.6 is 0 Å². The molecule has 9 heteroatoms. The molecule has 1 unspecified atom stereocenters. The molecule has 0 saturated carbocycles. The lowest BCUT2D eigenvalue weighted by molar-refractivity contribution is -0.201. The molecule has 5 nitrogen and oxygen atoms in total. The Morgan fingerprint density at radius 2 is 1.90 bits per heavy atom. The van der Waals surface area contributed by atoms with Crippen molar-refractivity contribution in [3.8, 4) is 0 Å². The highest BCUT2D eigenvalue weighted by Gasteiger charge is 2.45.